The summed E-state index contributed by atoms with van der Waals surface area (Å²) < 4.78 is 41.1. The number of nitrogens with zero attached hydrogens (tertiary/aromatic N) is 2. The molecular weight excluding hydrogens is 367 g/mol. The highest BCUT2D eigenvalue weighted by Gasteiger charge is 2.31. The maximum absolute atomic E-state index is 13.1. The van der Waals surface area contributed by atoms with Crippen molar-refractivity contribution < 1.29 is 18.3 Å². The maximum atomic E-state index is 13.1. The summed E-state index contributed by atoms with van der Waals surface area (Å²) in [7, 11) is 0. The van der Waals surface area contributed by atoms with Crippen LogP contribution in [0.15, 0.2) is 54.6 Å². The van der Waals surface area contributed by atoms with Gasteiger partial charge in [-0.3, -0.25) is 0 Å². The Labute approximate surface area is 159 Å². The normalized spacial score (nSPS) is 12.2. The standard InChI is InChI=1S/C21H18F3N3O/c1-12(2)27-19-9-7-14(21(22,23)24)10-18(19)26-20(27)25-17-5-3-4-13-6-8-15(28)11-16(13)17/h3-12,28H,1-2H3,(H,25,26). The molecule has 0 spiro atoms. The van der Waals surface area contributed by atoms with Crippen molar-refractivity contribution in [2.45, 2.75) is 26.1 Å². The van der Waals surface area contributed by atoms with E-state index in [4.69, 9.17) is 0 Å². The minimum absolute atomic E-state index is 0.0207. The topological polar surface area (TPSA) is 50.1 Å². The van der Waals surface area contributed by atoms with Gasteiger partial charge in [0.2, 0.25) is 5.95 Å². The number of imidazole rings is 1. The molecule has 0 amide bonds. The lowest BCUT2D eigenvalue weighted by molar-refractivity contribution is -0.137. The van der Waals surface area contributed by atoms with Crippen LogP contribution in [0.3, 0.4) is 0 Å². The molecule has 0 aliphatic carbocycles. The van der Waals surface area contributed by atoms with E-state index in [1.165, 1.54) is 6.07 Å². The van der Waals surface area contributed by atoms with Crippen LogP contribution in [-0.2, 0) is 6.18 Å². The largest absolute Gasteiger partial charge is 0.508 e. The molecule has 28 heavy (non-hydrogen) atoms. The van der Waals surface area contributed by atoms with Crippen molar-refractivity contribution in [3.8, 4) is 5.75 Å². The minimum atomic E-state index is -4.42. The average molecular weight is 385 g/mol. The van der Waals surface area contributed by atoms with Crippen LogP contribution >= 0.6 is 0 Å². The number of anilines is 2. The fourth-order valence-corrected chi connectivity index (χ4v) is 3.38. The highest BCUT2D eigenvalue weighted by molar-refractivity contribution is 5.96. The molecule has 2 N–H and O–H groups in total. The number of phenolic OH excluding ortho intramolecular Hbond substituents is 1. The summed E-state index contributed by atoms with van der Waals surface area (Å²) in [6, 6.07) is 14.2. The fraction of sp³-hybridized carbons (Fsp3) is 0.190. The number of hydrogen-bond acceptors (Lipinski definition) is 3. The van der Waals surface area contributed by atoms with Gasteiger partial charge in [0, 0.05) is 17.1 Å². The molecule has 1 heterocycles. The number of fused-ring (bicyclic) bond motifs is 2. The van der Waals surface area contributed by atoms with Crippen LogP contribution in [0.2, 0.25) is 0 Å². The second kappa shape index (κ2) is 6.44. The Balaban J connectivity index is 1.87. The molecule has 4 nitrogen and oxygen atoms in total. The third-order valence-electron chi connectivity index (χ3n) is 4.65. The molecule has 0 aliphatic rings. The van der Waals surface area contributed by atoms with Gasteiger partial charge in [-0.25, -0.2) is 4.98 Å². The molecule has 0 unspecified atom stereocenters. The Kier molecular flexibility index (Phi) is 4.18. The first-order valence-electron chi connectivity index (χ1n) is 8.82. The number of alkyl halides is 3. The summed E-state index contributed by atoms with van der Waals surface area (Å²) in [5.74, 6) is 0.578. The van der Waals surface area contributed by atoms with Gasteiger partial charge in [-0.05, 0) is 55.6 Å². The van der Waals surface area contributed by atoms with Crippen molar-refractivity contribution in [3.05, 3.63) is 60.2 Å². The first-order chi connectivity index (χ1) is 13.2. The van der Waals surface area contributed by atoms with Crippen LogP contribution in [-0.4, -0.2) is 14.7 Å². The van der Waals surface area contributed by atoms with Gasteiger partial charge in [-0.15, -0.1) is 0 Å². The number of nitrogens with one attached hydrogen (secondary N) is 1. The van der Waals surface area contributed by atoms with E-state index in [0.717, 1.165) is 22.9 Å². The summed E-state index contributed by atoms with van der Waals surface area (Å²) in [6.07, 6.45) is -4.42. The van der Waals surface area contributed by atoms with E-state index in [9.17, 15) is 18.3 Å². The molecule has 4 rings (SSSR count). The summed E-state index contributed by atoms with van der Waals surface area (Å²) >= 11 is 0. The number of rotatable bonds is 3. The van der Waals surface area contributed by atoms with E-state index in [-0.39, 0.29) is 17.3 Å². The molecule has 4 aromatic rings. The predicted molar refractivity (Wildman–Crippen MR) is 104 cm³/mol. The molecule has 7 heteroatoms. The van der Waals surface area contributed by atoms with E-state index < -0.39 is 11.7 Å². The summed E-state index contributed by atoms with van der Waals surface area (Å²) in [5.41, 5.74) is 0.874. The van der Waals surface area contributed by atoms with E-state index in [2.05, 4.69) is 10.3 Å². The molecule has 144 valence electrons. The highest BCUT2D eigenvalue weighted by atomic mass is 19.4. The van der Waals surface area contributed by atoms with Crippen molar-refractivity contribution >= 4 is 33.4 Å². The number of benzene rings is 3. The van der Waals surface area contributed by atoms with E-state index in [0.29, 0.717) is 17.2 Å². The second-order valence-corrected chi connectivity index (χ2v) is 6.94. The van der Waals surface area contributed by atoms with Crippen LogP contribution in [0.5, 0.6) is 5.75 Å². The molecule has 0 saturated carbocycles. The quantitative estimate of drug-likeness (QED) is 0.439. The lowest BCUT2D eigenvalue weighted by Gasteiger charge is -2.15. The van der Waals surface area contributed by atoms with Crippen LogP contribution in [0.4, 0.5) is 24.8 Å². The molecule has 0 fully saturated rings. The van der Waals surface area contributed by atoms with Gasteiger partial charge in [0.15, 0.2) is 0 Å². The highest BCUT2D eigenvalue weighted by Crippen LogP contribution is 2.35. The van der Waals surface area contributed by atoms with Crippen LogP contribution < -0.4 is 5.32 Å². The first-order valence-corrected chi connectivity index (χ1v) is 8.82. The van der Waals surface area contributed by atoms with Gasteiger partial charge >= 0.3 is 6.18 Å². The number of hydrogen-bond donors (Lipinski definition) is 2. The smallest absolute Gasteiger partial charge is 0.416 e. The zero-order valence-electron chi connectivity index (χ0n) is 15.2. The summed E-state index contributed by atoms with van der Waals surface area (Å²) in [4.78, 5) is 4.42. The average Bonchev–Trinajstić information content (AvgIpc) is 2.98. The van der Waals surface area contributed by atoms with Crippen molar-refractivity contribution in [1.29, 1.82) is 0 Å². The molecule has 0 atom stereocenters. The monoisotopic (exact) mass is 385 g/mol. The molecule has 0 aliphatic heterocycles. The van der Waals surface area contributed by atoms with Gasteiger partial charge in [0.1, 0.15) is 5.75 Å². The summed E-state index contributed by atoms with van der Waals surface area (Å²) in [6.45, 7) is 3.89. The van der Waals surface area contributed by atoms with Gasteiger partial charge in [0.25, 0.3) is 0 Å². The number of phenols is 1. The SMILES string of the molecule is CC(C)n1c(Nc2cccc3ccc(O)cc23)nc2cc(C(F)(F)F)ccc21. The lowest BCUT2D eigenvalue weighted by Crippen LogP contribution is -2.07. The summed E-state index contributed by atoms with van der Waals surface area (Å²) in [5, 5.41) is 14.8. The molecule has 0 radical (unpaired) electrons. The molecule has 1 aromatic heterocycles. The van der Waals surface area contributed by atoms with Crippen LogP contribution in [0.1, 0.15) is 25.5 Å². The zero-order chi connectivity index (χ0) is 20.1. The van der Waals surface area contributed by atoms with Gasteiger partial charge in [-0.2, -0.15) is 13.2 Å². The Hall–Kier alpha value is -3.22. The van der Waals surface area contributed by atoms with E-state index in [1.807, 2.05) is 36.6 Å². The van der Waals surface area contributed by atoms with Crippen molar-refractivity contribution in [1.82, 2.24) is 9.55 Å². The lowest BCUT2D eigenvalue weighted by atomic mass is 10.1. The molecule has 0 bridgehead atoms. The van der Waals surface area contributed by atoms with Crippen LogP contribution in [0, 0.1) is 0 Å². The Morgan fingerprint density at radius 3 is 2.54 bits per heavy atom. The van der Waals surface area contributed by atoms with Crippen molar-refractivity contribution in [2.24, 2.45) is 0 Å². The van der Waals surface area contributed by atoms with Gasteiger partial charge in [0.05, 0.1) is 16.6 Å². The first kappa shape index (κ1) is 18.2. The number of aromatic hydroxyl groups is 1. The van der Waals surface area contributed by atoms with Gasteiger partial charge < -0.3 is 15.0 Å². The van der Waals surface area contributed by atoms with Crippen molar-refractivity contribution in [3.63, 3.8) is 0 Å². The minimum Gasteiger partial charge on any atom is -0.508 e. The molecule has 3 aromatic carbocycles. The maximum Gasteiger partial charge on any atom is 0.416 e. The number of aromatic nitrogens is 2. The Morgan fingerprint density at radius 2 is 1.82 bits per heavy atom. The predicted octanol–water partition coefficient (Wildman–Crippen LogP) is 6.24. The Bertz CT molecular complexity index is 1180. The van der Waals surface area contributed by atoms with Crippen molar-refractivity contribution in [2.75, 3.05) is 5.32 Å². The molecular formula is C21H18F3N3O. The molecule has 0 saturated heterocycles. The number of halogens is 3. The fourth-order valence-electron chi connectivity index (χ4n) is 3.38. The zero-order valence-corrected chi connectivity index (χ0v) is 15.2. The third kappa shape index (κ3) is 3.13. The Morgan fingerprint density at radius 1 is 1.04 bits per heavy atom. The van der Waals surface area contributed by atoms with Crippen LogP contribution in [0.25, 0.3) is 21.8 Å². The van der Waals surface area contributed by atoms with E-state index in [1.54, 1.807) is 18.2 Å². The second-order valence-electron chi connectivity index (χ2n) is 6.94. The third-order valence-corrected chi connectivity index (χ3v) is 4.65. The van der Waals surface area contributed by atoms with E-state index >= 15 is 0 Å². The van der Waals surface area contributed by atoms with Gasteiger partial charge in [-0.1, -0.05) is 18.2 Å².